The highest BCUT2D eigenvalue weighted by molar-refractivity contribution is 6.44. The Morgan fingerprint density at radius 3 is 2.45 bits per heavy atom. The Labute approximate surface area is 178 Å². The zero-order valence-corrected chi connectivity index (χ0v) is 17.1. The Kier molecular flexibility index (Phi) is 5.19. The molecule has 2 unspecified atom stereocenters. The number of amides is 3. The number of rotatable bonds is 3. The molecule has 1 heterocycles. The lowest BCUT2D eigenvalue weighted by Crippen LogP contribution is -2.30. The lowest BCUT2D eigenvalue weighted by molar-refractivity contribution is -0.122. The fourth-order valence-electron chi connectivity index (χ4n) is 3.85. The van der Waals surface area contributed by atoms with E-state index in [0.717, 1.165) is 5.57 Å². The normalized spacial score (nSPS) is 21.1. The van der Waals surface area contributed by atoms with Crippen LogP contribution < -0.4 is 10.2 Å². The van der Waals surface area contributed by atoms with Crippen LogP contribution in [0.4, 0.5) is 11.4 Å². The number of carbonyl (C=O) groups excluding carboxylic acids is 3. The van der Waals surface area contributed by atoms with E-state index in [-0.39, 0.29) is 34.6 Å². The number of carbonyl (C=O) groups is 3. The first kappa shape index (κ1) is 19.7. The van der Waals surface area contributed by atoms with Crippen molar-refractivity contribution in [2.24, 2.45) is 11.8 Å². The lowest BCUT2D eigenvalue weighted by Gasteiger charge is -2.18. The number of nitrogens with one attached hydrogen (secondary N) is 1. The zero-order chi connectivity index (χ0) is 20.7. The van der Waals surface area contributed by atoms with E-state index in [1.807, 2.05) is 13.0 Å². The van der Waals surface area contributed by atoms with Crippen LogP contribution in [-0.4, -0.2) is 17.7 Å². The van der Waals surface area contributed by atoms with Gasteiger partial charge in [-0.25, -0.2) is 0 Å². The van der Waals surface area contributed by atoms with Crippen LogP contribution in [-0.2, 0) is 9.59 Å². The molecule has 1 fully saturated rings. The van der Waals surface area contributed by atoms with Crippen LogP contribution in [0.1, 0.15) is 30.1 Å². The molecule has 1 aliphatic carbocycles. The maximum absolute atomic E-state index is 12.8. The van der Waals surface area contributed by atoms with Crippen molar-refractivity contribution in [1.29, 1.82) is 0 Å². The van der Waals surface area contributed by atoms with Gasteiger partial charge >= 0.3 is 0 Å². The largest absolute Gasteiger partial charge is 0.321 e. The molecule has 3 amide bonds. The molecule has 0 aromatic heterocycles. The Morgan fingerprint density at radius 1 is 1.03 bits per heavy atom. The van der Waals surface area contributed by atoms with E-state index in [9.17, 15) is 14.4 Å². The van der Waals surface area contributed by atoms with Crippen LogP contribution in [0.2, 0.25) is 10.0 Å². The third kappa shape index (κ3) is 3.56. The van der Waals surface area contributed by atoms with Gasteiger partial charge in [-0.3, -0.25) is 19.3 Å². The Balaban J connectivity index is 1.52. The van der Waals surface area contributed by atoms with Crippen LogP contribution in [0.25, 0.3) is 0 Å². The molecule has 148 valence electrons. The van der Waals surface area contributed by atoms with Gasteiger partial charge in [0, 0.05) is 5.56 Å². The maximum atomic E-state index is 12.8. The maximum Gasteiger partial charge on any atom is 0.255 e. The Hall–Kier alpha value is -2.63. The zero-order valence-electron chi connectivity index (χ0n) is 15.6. The third-order valence-corrected chi connectivity index (χ3v) is 6.23. The van der Waals surface area contributed by atoms with Gasteiger partial charge in [-0.15, -0.1) is 0 Å². The van der Waals surface area contributed by atoms with Gasteiger partial charge < -0.3 is 5.32 Å². The van der Waals surface area contributed by atoms with Gasteiger partial charge in [0.05, 0.1) is 33.3 Å². The minimum absolute atomic E-state index is 0.171. The van der Waals surface area contributed by atoms with Crippen molar-refractivity contribution < 1.29 is 14.4 Å². The Bertz CT molecular complexity index is 1050. The van der Waals surface area contributed by atoms with Crippen molar-refractivity contribution in [3.05, 3.63) is 69.7 Å². The van der Waals surface area contributed by atoms with E-state index >= 15 is 0 Å². The average molecular weight is 429 g/mol. The SMILES string of the molecule is CC1=CCC2C(=O)N(c3ccc(C(=O)Nc4cccc(Cl)c4Cl)cc3)C(=O)C2C1. The van der Waals surface area contributed by atoms with Crippen LogP contribution in [0.3, 0.4) is 0 Å². The molecule has 2 atom stereocenters. The molecule has 2 aromatic rings. The summed E-state index contributed by atoms with van der Waals surface area (Å²) in [5.41, 5.74) is 2.40. The van der Waals surface area contributed by atoms with E-state index in [2.05, 4.69) is 5.32 Å². The molecule has 5 nitrogen and oxygen atoms in total. The molecule has 2 aromatic carbocycles. The summed E-state index contributed by atoms with van der Waals surface area (Å²) in [6.45, 7) is 1.98. The van der Waals surface area contributed by atoms with Crippen molar-refractivity contribution in [2.75, 3.05) is 10.2 Å². The summed E-state index contributed by atoms with van der Waals surface area (Å²) in [7, 11) is 0. The molecule has 2 aliphatic rings. The van der Waals surface area contributed by atoms with Gasteiger partial charge in [0.2, 0.25) is 11.8 Å². The van der Waals surface area contributed by atoms with Crippen LogP contribution in [0.5, 0.6) is 0 Å². The highest BCUT2D eigenvalue weighted by Crippen LogP contribution is 2.39. The van der Waals surface area contributed by atoms with E-state index in [0.29, 0.717) is 34.8 Å². The summed E-state index contributed by atoms with van der Waals surface area (Å²) < 4.78 is 0. The second-order valence-electron chi connectivity index (χ2n) is 7.32. The predicted molar refractivity (Wildman–Crippen MR) is 113 cm³/mol. The van der Waals surface area contributed by atoms with E-state index in [1.54, 1.807) is 42.5 Å². The van der Waals surface area contributed by atoms with Gasteiger partial charge in [-0.05, 0) is 56.2 Å². The van der Waals surface area contributed by atoms with Gasteiger partial charge in [-0.2, -0.15) is 0 Å². The molecule has 0 bridgehead atoms. The van der Waals surface area contributed by atoms with Crippen LogP contribution in [0, 0.1) is 11.8 Å². The fourth-order valence-corrected chi connectivity index (χ4v) is 4.20. The van der Waals surface area contributed by atoms with Crippen molar-refractivity contribution in [3.63, 3.8) is 0 Å². The molecular weight excluding hydrogens is 411 g/mol. The number of hydrogen-bond acceptors (Lipinski definition) is 3. The van der Waals surface area contributed by atoms with Crippen molar-refractivity contribution >= 4 is 52.3 Å². The predicted octanol–water partition coefficient (Wildman–Crippen LogP) is 5.09. The lowest BCUT2D eigenvalue weighted by atomic mass is 9.82. The van der Waals surface area contributed by atoms with Gasteiger partial charge in [-0.1, -0.05) is 40.9 Å². The minimum Gasteiger partial charge on any atom is -0.321 e. The second kappa shape index (κ2) is 7.65. The van der Waals surface area contributed by atoms with Gasteiger partial charge in [0.1, 0.15) is 0 Å². The minimum atomic E-state index is -0.367. The molecular formula is C22H18Cl2N2O3. The first-order chi connectivity index (χ1) is 13.9. The van der Waals surface area contributed by atoms with Crippen LogP contribution in [0.15, 0.2) is 54.1 Å². The second-order valence-corrected chi connectivity index (χ2v) is 8.10. The quantitative estimate of drug-likeness (QED) is 0.546. The molecule has 0 spiro atoms. The number of benzene rings is 2. The molecule has 29 heavy (non-hydrogen) atoms. The number of imide groups is 1. The third-order valence-electron chi connectivity index (χ3n) is 5.41. The topological polar surface area (TPSA) is 66.5 Å². The number of anilines is 2. The summed E-state index contributed by atoms with van der Waals surface area (Å²) in [4.78, 5) is 39.3. The first-order valence-corrected chi connectivity index (χ1v) is 10.0. The summed E-state index contributed by atoms with van der Waals surface area (Å²) in [6.07, 6.45) is 3.25. The number of halogens is 2. The summed E-state index contributed by atoms with van der Waals surface area (Å²) in [5, 5.41) is 3.32. The monoisotopic (exact) mass is 428 g/mol. The standard InChI is InChI=1S/C22H18Cl2N2O3/c1-12-5-10-15-16(11-12)22(29)26(21(15)28)14-8-6-13(7-9-14)20(27)25-18-4-2-3-17(23)19(18)24/h2-9,15-16H,10-11H2,1H3,(H,25,27). The number of nitrogens with zero attached hydrogens (tertiary/aromatic N) is 1. The first-order valence-electron chi connectivity index (χ1n) is 9.25. The smallest absolute Gasteiger partial charge is 0.255 e. The van der Waals surface area contributed by atoms with Crippen molar-refractivity contribution in [3.8, 4) is 0 Å². The molecule has 7 heteroatoms. The molecule has 4 rings (SSSR count). The molecule has 1 saturated heterocycles. The van der Waals surface area contributed by atoms with E-state index < -0.39 is 0 Å². The van der Waals surface area contributed by atoms with Crippen LogP contribution >= 0.6 is 23.2 Å². The van der Waals surface area contributed by atoms with E-state index in [1.165, 1.54) is 4.90 Å². The molecule has 1 N–H and O–H groups in total. The average Bonchev–Trinajstić information content (AvgIpc) is 2.95. The summed E-state index contributed by atoms with van der Waals surface area (Å²) >= 11 is 12.1. The van der Waals surface area contributed by atoms with Gasteiger partial charge in [0.15, 0.2) is 0 Å². The number of fused-ring (bicyclic) bond motifs is 1. The molecule has 0 radical (unpaired) electrons. The highest BCUT2D eigenvalue weighted by atomic mass is 35.5. The number of allylic oxidation sites excluding steroid dienone is 2. The van der Waals surface area contributed by atoms with Gasteiger partial charge in [0.25, 0.3) is 5.91 Å². The van der Waals surface area contributed by atoms with E-state index in [4.69, 9.17) is 23.2 Å². The molecule has 0 saturated carbocycles. The number of hydrogen-bond donors (Lipinski definition) is 1. The fraction of sp³-hybridized carbons (Fsp3) is 0.227. The Morgan fingerprint density at radius 2 is 1.72 bits per heavy atom. The highest BCUT2D eigenvalue weighted by Gasteiger charge is 2.48. The van der Waals surface area contributed by atoms with Crippen molar-refractivity contribution in [2.45, 2.75) is 19.8 Å². The summed E-state index contributed by atoms with van der Waals surface area (Å²) in [6, 6.07) is 11.4. The molecule has 1 aliphatic heterocycles. The summed E-state index contributed by atoms with van der Waals surface area (Å²) in [5.74, 6) is -1.30. The van der Waals surface area contributed by atoms with Crippen molar-refractivity contribution in [1.82, 2.24) is 0 Å².